The second kappa shape index (κ2) is 8.66. The third-order valence-electron chi connectivity index (χ3n) is 2.43. The number of thiophene rings is 1. The molecule has 2 N–H and O–H groups in total. The number of rotatable bonds is 9. The van der Waals surface area contributed by atoms with Gasteiger partial charge in [0.1, 0.15) is 4.88 Å². The number of hydrogen-bond acceptors (Lipinski definition) is 4. The fraction of sp³-hybridized carbons (Fsp3) is 0.538. The highest BCUT2D eigenvalue weighted by Gasteiger charge is 2.12. The molecule has 0 unspecified atom stereocenters. The number of carboxylic acids is 1. The quantitative estimate of drug-likeness (QED) is 0.683. The predicted octanol–water partition coefficient (Wildman–Crippen LogP) is 2.38. The lowest BCUT2D eigenvalue weighted by Crippen LogP contribution is -2.24. The molecule has 0 aliphatic heterocycles. The van der Waals surface area contributed by atoms with E-state index in [9.17, 15) is 9.59 Å². The van der Waals surface area contributed by atoms with Crippen LogP contribution in [0.1, 0.15) is 45.5 Å². The van der Waals surface area contributed by atoms with Gasteiger partial charge in [0.2, 0.25) is 0 Å². The molecule has 0 radical (unpaired) electrons. The summed E-state index contributed by atoms with van der Waals surface area (Å²) >= 11 is 0.981. The molecule has 0 atom stereocenters. The third kappa shape index (κ3) is 5.85. The maximum absolute atomic E-state index is 11.7. The number of carboxylic acid groups (broad SMARTS) is 1. The highest BCUT2D eigenvalue weighted by Crippen LogP contribution is 2.16. The number of ether oxygens (including phenoxy) is 1. The normalized spacial score (nSPS) is 10.4. The molecule has 0 bridgehead atoms. The van der Waals surface area contributed by atoms with Crippen molar-refractivity contribution >= 4 is 23.2 Å². The largest absolute Gasteiger partial charge is 0.477 e. The molecular formula is C13H19NO4S. The second-order valence-electron chi connectivity index (χ2n) is 4.04. The molecule has 0 saturated heterocycles. The molecule has 0 saturated carbocycles. The Kier molecular flexibility index (Phi) is 7.14. The lowest BCUT2D eigenvalue weighted by molar-refractivity contribution is 0.0702. The minimum Gasteiger partial charge on any atom is -0.477 e. The number of carbonyl (C=O) groups is 2. The zero-order chi connectivity index (χ0) is 14.1. The lowest BCUT2D eigenvalue weighted by Gasteiger charge is -2.04. The second-order valence-corrected chi connectivity index (χ2v) is 5.13. The van der Waals surface area contributed by atoms with Gasteiger partial charge in [-0.05, 0) is 25.0 Å². The molecule has 1 heterocycles. The van der Waals surface area contributed by atoms with Crippen molar-refractivity contribution in [2.75, 3.05) is 19.8 Å². The molecule has 1 aromatic rings. The van der Waals surface area contributed by atoms with Crippen LogP contribution in [0.25, 0.3) is 0 Å². The van der Waals surface area contributed by atoms with E-state index in [0.29, 0.717) is 18.0 Å². The van der Waals surface area contributed by atoms with Crippen LogP contribution in [0.5, 0.6) is 0 Å². The molecule has 1 rings (SSSR count). The molecule has 0 aliphatic carbocycles. The number of carbonyl (C=O) groups excluding carboxylic acids is 1. The number of hydrogen-bond donors (Lipinski definition) is 2. The Morgan fingerprint density at radius 1 is 1.26 bits per heavy atom. The standard InChI is InChI=1S/C13H19NO4S/c1-2-3-8-18-9-4-7-14-12(15)10-5-6-11(19-10)13(16)17/h5-6H,2-4,7-9H2,1H3,(H,14,15)(H,16,17). The van der Waals surface area contributed by atoms with E-state index < -0.39 is 5.97 Å². The van der Waals surface area contributed by atoms with Crippen molar-refractivity contribution in [2.24, 2.45) is 0 Å². The van der Waals surface area contributed by atoms with Gasteiger partial charge in [0, 0.05) is 19.8 Å². The van der Waals surface area contributed by atoms with Gasteiger partial charge in [-0.15, -0.1) is 11.3 Å². The Morgan fingerprint density at radius 2 is 1.95 bits per heavy atom. The molecule has 0 fully saturated rings. The molecule has 1 amide bonds. The van der Waals surface area contributed by atoms with E-state index >= 15 is 0 Å². The lowest BCUT2D eigenvalue weighted by atomic mass is 10.3. The highest BCUT2D eigenvalue weighted by atomic mass is 32.1. The average molecular weight is 285 g/mol. The summed E-state index contributed by atoms with van der Waals surface area (Å²) in [6.07, 6.45) is 2.92. The van der Waals surface area contributed by atoms with Crippen LogP contribution >= 0.6 is 11.3 Å². The number of aromatic carboxylic acids is 1. The molecule has 0 spiro atoms. The fourth-order valence-corrected chi connectivity index (χ4v) is 2.15. The van der Waals surface area contributed by atoms with Gasteiger partial charge in [-0.1, -0.05) is 13.3 Å². The van der Waals surface area contributed by atoms with Crippen LogP contribution in [0.2, 0.25) is 0 Å². The monoisotopic (exact) mass is 285 g/mol. The minimum atomic E-state index is -1.01. The van der Waals surface area contributed by atoms with Gasteiger partial charge in [0.05, 0.1) is 4.88 Å². The van der Waals surface area contributed by atoms with Gasteiger partial charge in [0.15, 0.2) is 0 Å². The Hall–Kier alpha value is -1.40. The van der Waals surface area contributed by atoms with Crippen LogP contribution < -0.4 is 5.32 Å². The van der Waals surface area contributed by atoms with E-state index in [-0.39, 0.29) is 10.8 Å². The summed E-state index contributed by atoms with van der Waals surface area (Å²) in [4.78, 5) is 23.0. The van der Waals surface area contributed by atoms with Gasteiger partial charge in [-0.25, -0.2) is 4.79 Å². The summed E-state index contributed by atoms with van der Waals surface area (Å²) in [7, 11) is 0. The molecule has 1 aromatic heterocycles. The smallest absolute Gasteiger partial charge is 0.345 e. The topological polar surface area (TPSA) is 75.6 Å². The van der Waals surface area contributed by atoms with Crippen molar-refractivity contribution in [1.82, 2.24) is 5.32 Å². The van der Waals surface area contributed by atoms with Crippen molar-refractivity contribution in [2.45, 2.75) is 26.2 Å². The first-order valence-corrected chi connectivity index (χ1v) is 7.16. The predicted molar refractivity (Wildman–Crippen MR) is 74.0 cm³/mol. The first-order chi connectivity index (χ1) is 9.15. The number of nitrogens with one attached hydrogen (secondary N) is 1. The molecular weight excluding hydrogens is 266 g/mol. The van der Waals surface area contributed by atoms with E-state index in [1.54, 1.807) is 0 Å². The van der Waals surface area contributed by atoms with Crippen LogP contribution in [-0.2, 0) is 4.74 Å². The summed E-state index contributed by atoms with van der Waals surface area (Å²) in [6.45, 7) is 4.03. The average Bonchev–Trinajstić information content (AvgIpc) is 2.87. The van der Waals surface area contributed by atoms with Gasteiger partial charge in [-0.2, -0.15) is 0 Å². The Balaban J connectivity index is 2.18. The maximum atomic E-state index is 11.7. The van der Waals surface area contributed by atoms with E-state index in [1.807, 2.05) is 0 Å². The Morgan fingerprint density at radius 3 is 2.58 bits per heavy atom. The van der Waals surface area contributed by atoms with Gasteiger partial charge < -0.3 is 15.2 Å². The minimum absolute atomic E-state index is 0.174. The SMILES string of the molecule is CCCCOCCCNC(=O)c1ccc(C(=O)O)s1. The summed E-state index contributed by atoms with van der Waals surface area (Å²) in [5.41, 5.74) is 0. The molecule has 106 valence electrons. The molecule has 5 nitrogen and oxygen atoms in total. The summed E-state index contributed by atoms with van der Waals surface area (Å²) in [5.74, 6) is -1.24. The van der Waals surface area contributed by atoms with Crippen molar-refractivity contribution in [3.63, 3.8) is 0 Å². The molecule has 6 heteroatoms. The molecule has 19 heavy (non-hydrogen) atoms. The highest BCUT2D eigenvalue weighted by molar-refractivity contribution is 7.15. The van der Waals surface area contributed by atoms with Crippen LogP contribution in [0, 0.1) is 0 Å². The van der Waals surface area contributed by atoms with E-state index in [4.69, 9.17) is 9.84 Å². The van der Waals surface area contributed by atoms with Crippen molar-refractivity contribution < 1.29 is 19.4 Å². The summed E-state index contributed by atoms with van der Waals surface area (Å²) in [6, 6.07) is 2.97. The van der Waals surface area contributed by atoms with Crippen molar-refractivity contribution in [1.29, 1.82) is 0 Å². The zero-order valence-corrected chi connectivity index (χ0v) is 11.8. The van der Waals surface area contributed by atoms with Crippen LogP contribution in [0.3, 0.4) is 0 Å². The zero-order valence-electron chi connectivity index (χ0n) is 11.0. The van der Waals surface area contributed by atoms with Crippen molar-refractivity contribution in [3.8, 4) is 0 Å². The molecule has 0 aromatic carbocycles. The van der Waals surface area contributed by atoms with Gasteiger partial charge >= 0.3 is 5.97 Å². The first-order valence-electron chi connectivity index (χ1n) is 6.34. The summed E-state index contributed by atoms with van der Waals surface area (Å²) < 4.78 is 5.37. The van der Waals surface area contributed by atoms with Crippen LogP contribution in [0.15, 0.2) is 12.1 Å². The maximum Gasteiger partial charge on any atom is 0.345 e. The first kappa shape index (κ1) is 15.7. The third-order valence-corrected chi connectivity index (χ3v) is 3.51. The van der Waals surface area contributed by atoms with Gasteiger partial charge in [0.25, 0.3) is 5.91 Å². The van der Waals surface area contributed by atoms with Crippen LogP contribution in [0.4, 0.5) is 0 Å². The summed E-state index contributed by atoms with van der Waals surface area (Å²) in [5, 5.41) is 11.5. The van der Waals surface area contributed by atoms with Gasteiger partial charge in [-0.3, -0.25) is 4.79 Å². The van der Waals surface area contributed by atoms with E-state index in [0.717, 1.165) is 37.2 Å². The molecule has 0 aliphatic rings. The van der Waals surface area contributed by atoms with Crippen LogP contribution in [-0.4, -0.2) is 36.7 Å². The Labute approximate surface area is 116 Å². The Bertz CT molecular complexity index is 417. The van der Waals surface area contributed by atoms with E-state index in [2.05, 4.69) is 12.2 Å². The van der Waals surface area contributed by atoms with Crippen molar-refractivity contribution in [3.05, 3.63) is 21.9 Å². The number of amides is 1. The fourth-order valence-electron chi connectivity index (χ4n) is 1.39. The van der Waals surface area contributed by atoms with E-state index in [1.165, 1.54) is 12.1 Å². The number of unbranched alkanes of at least 4 members (excludes halogenated alkanes) is 1.